The molecule has 6 rings (SSSR count). The minimum Gasteiger partial charge on any atom is -0.478 e. The minimum absolute atomic E-state index is 0.136. The summed E-state index contributed by atoms with van der Waals surface area (Å²) in [6.07, 6.45) is 1.69. The first-order valence-electron chi connectivity index (χ1n) is 11.5. The van der Waals surface area contributed by atoms with E-state index in [1.54, 1.807) is 18.3 Å². The van der Waals surface area contributed by atoms with Crippen molar-refractivity contribution in [1.82, 2.24) is 10.3 Å². The molecule has 3 N–H and O–H groups in total. The molecule has 1 saturated heterocycles. The number of fused-ring (bicyclic) bond motifs is 1. The van der Waals surface area contributed by atoms with Crippen LogP contribution in [0.25, 0.3) is 11.3 Å². The second kappa shape index (κ2) is 9.20. The molecule has 0 amide bonds. The Bertz CT molecular complexity index is 1550. The van der Waals surface area contributed by atoms with E-state index < -0.39 is 18.0 Å². The van der Waals surface area contributed by atoms with Crippen LogP contribution in [0.15, 0.2) is 77.3 Å². The molecule has 0 bridgehead atoms. The van der Waals surface area contributed by atoms with Crippen molar-refractivity contribution < 1.29 is 33.7 Å². The molecular weight excluding hydrogens is 510 g/mol. The van der Waals surface area contributed by atoms with Crippen molar-refractivity contribution in [2.24, 2.45) is 0 Å². The van der Waals surface area contributed by atoms with Crippen LogP contribution >= 0.6 is 12.2 Å². The summed E-state index contributed by atoms with van der Waals surface area (Å²) in [6.45, 7) is 0.136. The van der Waals surface area contributed by atoms with Gasteiger partial charge >= 0.3 is 11.9 Å². The highest BCUT2D eigenvalue weighted by atomic mass is 32.1. The van der Waals surface area contributed by atoms with Gasteiger partial charge in [-0.3, -0.25) is 4.98 Å². The number of thiocarbonyl (C=S) groups is 1. The molecule has 4 heterocycles. The molecular formula is C27H19N3O7S. The number of nitrogens with one attached hydrogen (secondary N) is 1. The lowest BCUT2D eigenvalue weighted by atomic mass is 10.0. The molecule has 0 saturated carbocycles. The predicted octanol–water partition coefficient (Wildman–Crippen LogP) is 4.64. The average molecular weight is 530 g/mol. The summed E-state index contributed by atoms with van der Waals surface area (Å²) in [6, 6.07) is 17.5. The zero-order chi connectivity index (χ0) is 26.4. The van der Waals surface area contributed by atoms with Gasteiger partial charge in [-0.25, -0.2) is 9.59 Å². The lowest BCUT2D eigenvalue weighted by molar-refractivity contribution is 0.0696. The summed E-state index contributed by atoms with van der Waals surface area (Å²) >= 11 is 5.74. The third-order valence-corrected chi connectivity index (χ3v) is 6.68. The molecule has 10 nitrogen and oxygen atoms in total. The zero-order valence-electron chi connectivity index (χ0n) is 19.5. The molecule has 0 spiro atoms. The average Bonchev–Trinajstić information content (AvgIpc) is 3.66. The number of carboxylic acid groups (broad SMARTS) is 2. The highest BCUT2D eigenvalue weighted by Gasteiger charge is 2.43. The van der Waals surface area contributed by atoms with Gasteiger partial charge in [0.2, 0.25) is 6.79 Å². The molecule has 2 aliphatic rings. The number of aromatic nitrogens is 1. The standard InChI is InChI=1S/C27H19N3O7S/c31-25(32)15-9-14(10-16(11-15)26(33)34)19-6-7-21(37-19)24-23(18-3-1-2-8-28-18)29-27(38)30(24)17-4-5-20-22(12-17)36-13-35-20/h1-12,23-24H,13H2,(H,29,38)(H,31,32)(H,33,34). The van der Waals surface area contributed by atoms with E-state index >= 15 is 0 Å². The fourth-order valence-corrected chi connectivity index (χ4v) is 4.99. The van der Waals surface area contributed by atoms with Crippen molar-refractivity contribution in [2.75, 3.05) is 11.7 Å². The summed E-state index contributed by atoms with van der Waals surface area (Å²) in [5.74, 6) is -0.423. The van der Waals surface area contributed by atoms with Gasteiger partial charge in [0, 0.05) is 23.5 Å². The van der Waals surface area contributed by atoms with E-state index in [2.05, 4.69) is 10.3 Å². The van der Waals surface area contributed by atoms with Gasteiger partial charge in [0.1, 0.15) is 17.6 Å². The number of aromatic carboxylic acids is 2. The Morgan fingerprint density at radius 3 is 2.42 bits per heavy atom. The van der Waals surface area contributed by atoms with Crippen molar-refractivity contribution in [3.63, 3.8) is 0 Å². The first-order valence-corrected chi connectivity index (χ1v) is 11.9. The van der Waals surface area contributed by atoms with Crippen molar-refractivity contribution in [2.45, 2.75) is 12.1 Å². The summed E-state index contributed by atoms with van der Waals surface area (Å²) in [5, 5.41) is 22.7. The van der Waals surface area contributed by atoms with E-state index in [1.165, 1.54) is 12.1 Å². The van der Waals surface area contributed by atoms with Gasteiger partial charge in [-0.1, -0.05) is 6.07 Å². The molecule has 190 valence electrons. The largest absolute Gasteiger partial charge is 0.478 e. The van der Waals surface area contributed by atoms with E-state index in [0.717, 1.165) is 17.4 Å². The summed E-state index contributed by atoms with van der Waals surface area (Å²) in [5.41, 5.74) is 1.49. The fourth-order valence-electron chi connectivity index (χ4n) is 4.64. The maximum Gasteiger partial charge on any atom is 0.335 e. The van der Waals surface area contributed by atoms with Gasteiger partial charge in [-0.15, -0.1) is 0 Å². The molecule has 11 heteroatoms. The van der Waals surface area contributed by atoms with E-state index in [-0.39, 0.29) is 24.0 Å². The topological polar surface area (TPSA) is 134 Å². The number of carboxylic acids is 2. The number of nitrogens with zero attached hydrogens (tertiary/aromatic N) is 2. The molecule has 2 atom stereocenters. The van der Waals surface area contributed by atoms with Crippen LogP contribution in [0.1, 0.15) is 44.3 Å². The Labute approximate surface area is 221 Å². The Balaban J connectivity index is 1.45. The van der Waals surface area contributed by atoms with Crippen LogP contribution < -0.4 is 19.7 Å². The predicted molar refractivity (Wildman–Crippen MR) is 139 cm³/mol. The molecule has 38 heavy (non-hydrogen) atoms. The zero-order valence-corrected chi connectivity index (χ0v) is 20.3. The van der Waals surface area contributed by atoms with Crippen molar-refractivity contribution >= 4 is 35.0 Å². The van der Waals surface area contributed by atoms with Crippen LogP contribution in [-0.2, 0) is 0 Å². The van der Waals surface area contributed by atoms with Crippen LogP contribution in [0.5, 0.6) is 11.5 Å². The van der Waals surface area contributed by atoms with Crippen LogP contribution in [0, 0.1) is 0 Å². The number of hydrogen-bond donors (Lipinski definition) is 3. The first kappa shape index (κ1) is 23.5. The van der Waals surface area contributed by atoms with Gasteiger partial charge in [0.15, 0.2) is 16.6 Å². The maximum absolute atomic E-state index is 11.6. The van der Waals surface area contributed by atoms with Crippen molar-refractivity contribution in [3.05, 3.63) is 95.5 Å². The van der Waals surface area contributed by atoms with Crippen LogP contribution in [-0.4, -0.2) is 39.0 Å². The van der Waals surface area contributed by atoms with Gasteiger partial charge < -0.3 is 34.3 Å². The Morgan fingerprint density at radius 1 is 0.947 bits per heavy atom. The highest BCUT2D eigenvalue weighted by molar-refractivity contribution is 7.80. The number of carbonyl (C=O) groups is 2. The molecule has 4 aromatic rings. The molecule has 2 unspecified atom stereocenters. The fraction of sp³-hybridized carbons (Fsp3) is 0.111. The second-order valence-electron chi connectivity index (χ2n) is 8.65. The first-order chi connectivity index (χ1) is 18.4. The van der Waals surface area contributed by atoms with E-state index in [9.17, 15) is 19.8 Å². The number of pyridine rings is 1. The van der Waals surface area contributed by atoms with Crippen molar-refractivity contribution in [3.8, 4) is 22.8 Å². The van der Waals surface area contributed by atoms with Crippen LogP contribution in [0.3, 0.4) is 0 Å². The third kappa shape index (κ3) is 4.08. The minimum atomic E-state index is -1.24. The monoisotopic (exact) mass is 529 g/mol. The lowest BCUT2D eigenvalue weighted by Crippen LogP contribution is -2.29. The second-order valence-corrected chi connectivity index (χ2v) is 9.03. The number of furan rings is 1. The number of anilines is 1. The summed E-state index contributed by atoms with van der Waals surface area (Å²) < 4.78 is 17.3. The molecule has 0 radical (unpaired) electrons. The summed E-state index contributed by atoms with van der Waals surface area (Å²) in [7, 11) is 0. The molecule has 0 aliphatic carbocycles. The van der Waals surface area contributed by atoms with E-state index in [4.69, 9.17) is 26.1 Å². The Morgan fingerprint density at radius 2 is 1.71 bits per heavy atom. The Hall–Kier alpha value is -4.90. The van der Waals surface area contributed by atoms with Crippen LogP contribution in [0.4, 0.5) is 5.69 Å². The quantitative estimate of drug-likeness (QED) is 0.301. The maximum atomic E-state index is 11.6. The van der Waals surface area contributed by atoms with Crippen molar-refractivity contribution in [1.29, 1.82) is 0 Å². The third-order valence-electron chi connectivity index (χ3n) is 6.36. The van der Waals surface area contributed by atoms with Crippen LogP contribution in [0.2, 0.25) is 0 Å². The number of ether oxygens (including phenoxy) is 2. The SMILES string of the molecule is O=C(O)c1cc(C(=O)O)cc(-c2ccc(C3C(c4ccccn4)NC(=S)N3c3ccc4c(c3)OCO4)o2)c1. The molecule has 1 fully saturated rings. The highest BCUT2D eigenvalue weighted by Crippen LogP contribution is 2.45. The van der Waals surface area contributed by atoms with E-state index in [0.29, 0.717) is 33.7 Å². The summed E-state index contributed by atoms with van der Waals surface area (Å²) in [4.78, 5) is 29.6. The van der Waals surface area contributed by atoms with Gasteiger partial charge in [0.25, 0.3) is 0 Å². The normalized spacial score (nSPS) is 17.9. The molecule has 2 aromatic carbocycles. The van der Waals surface area contributed by atoms with Gasteiger partial charge in [-0.2, -0.15) is 0 Å². The van der Waals surface area contributed by atoms with Gasteiger partial charge in [0.05, 0.1) is 22.9 Å². The Kier molecular flexibility index (Phi) is 5.69. The smallest absolute Gasteiger partial charge is 0.335 e. The lowest BCUT2D eigenvalue weighted by Gasteiger charge is -2.26. The van der Waals surface area contributed by atoms with E-state index in [1.807, 2.05) is 41.3 Å². The number of hydrogen-bond acceptors (Lipinski definition) is 7. The number of rotatable bonds is 6. The number of benzene rings is 2. The molecule has 2 aliphatic heterocycles. The van der Waals surface area contributed by atoms with Gasteiger partial charge in [-0.05, 0) is 66.8 Å². The molecule has 2 aromatic heterocycles.